The van der Waals surface area contributed by atoms with Crippen molar-refractivity contribution in [2.45, 2.75) is 30.2 Å². The van der Waals surface area contributed by atoms with Gasteiger partial charge in [0.25, 0.3) is 0 Å². The number of rotatable bonds is 6. The summed E-state index contributed by atoms with van der Waals surface area (Å²) in [5.74, 6) is 0.859. The first-order valence-corrected chi connectivity index (χ1v) is 9.17. The predicted octanol–water partition coefficient (Wildman–Crippen LogP) is 2.35. The monoisotopic (exact) mass is 449 g/mol. The smallest absolute Gasteiger partial charge is 0.191 e. The van der Waals surface area contributed by atoms with Crippen LogP contribution in [-0.4, -0.2) is 39.8 Å². The summed E-state index contributed by atoms with van der Waals surface area (Å²) in [5, 5.41) is 6.49. The first-order valence-electron chi connectivity index (χ1n) is 7.52. The van der Waals surface area contributed by atoms with E-state index in [0.29, 0.717) is 23.9 Å². The molecule has 0 saturated heterocycles. The summed E-state index contributed by atoms with van der Waals surface area (Å²) >= 11 is 0. The molecule has 0 radical (unpaired) electrons. The fraction of sp³-hybridized carbons (Fsp3) is 0.438. The molecule has 0 spiro atoms. The zero-order chi connectivity index (χ0) is 15.8. The van der Waals surface area contributed by atoms with Gasteiger partial charge in [0, 0.05) is 19.6 Å². The summed E-state index contributed by atoms with van der Waals surface area (Å²) in [6.45, 7) is 0.575. The molecule has 0 saturated carbocycles. The van der Waals surface area contributed by atoms with Gasteiger partial charge in [-0.25, -0.2) is 8.42 Å². The Morgan fingerprint density at radius 3 is 2.48 bits per heavy atom. The van der Waals surface area contributed by atoms with E-state index in [9.17, 15) is 8.42 Å². The molecule has 7 heteroatoms. The van der Waals surface area contributed by atoms with E-state index in [2.05, 4.69) is 27.8 Å². The third-order valence-electron chi connectivity index (χ3n) is 3.56. The quantitative estimate of drug-likeness (QED) is 0.230. The minimum absolute atomic E-state index is 0. The number of guanidine groups is 1. The van der Waals surface area contributed by atoms with Crippen molar-refractivity contribution in [2.75, 3.05) is 19.3 Å². The third kappa shape index (κ3) is 6.50. The highest BCUT2D eigenvalue weighted by molar-refractivity contribution is 14.0. The molecule has 0 atom stereocenters. The second kappa shape index (κ2) is 9.92. The normalized spacial score (nSPS) is 15.3. The third-order valence-corrected chi connectivity index (χ3v) is 5.37. The van der Waals surface area contributed by atoms with Crippen LogP contribution < -0.4 is 10.6 Å². The van der Waals surface area contributed by atoms with Crippen molar-refractivity contribution in [1.82, 2.24) is 10.6 Å². The lowest BCUT2D eigenvalue weighted by molar-refractivity contribution is 0.591. The Morgan fingerprint density at radius 2 is 1.87 bits per heavy atom. The van der Waals surface area contributed by atoms with Gasteiger partial charge < -0.3 is 10.6 Å². The van der Waals surface area contributed by atoms with Crippen molar-refractivity contribution in [3.8, 4) is 0 Å². The summed E-state index contributed by atoms with van der Waals surface area (Å²) in [6.07, 6.45) is 6.85. The van der Waals surface area contributed by atoms with Gasteiger partial charge in [0.2, 0.25) is 0 Å². The summed E-state index contributed by atoms with van der Waals surface area (Å²) in [6, 6.07) is 8.96. The Kier molecular flexibility index (Phi) is 8.60. The fourth-order valence-electron chi connectivity index (χ4n) is 2.34. The van der Waals surface area contributed by atoms with Crippen LogP contribution in [0, 0.1) is 0 Å². The van der Waals surface area contributed by atoms with E-state index >= 15 is 0 Å². The number of sulfone groups is 1. The van der Waals surface area contributed by atoms with Crippen molar-refractivity contribution in [2.24, 2.45) is 4.99 Å². The molecule has 2 rings (SSSR count). The van der Waals surface area contributed by atoms with Crippen molar-refractivity contribution >= 4 is 39.8 Å². The summed E-state index contributed by atoms with van der Waals surface area (Å²) in [4.78, 5) is 4.54. The van der Waals surface area contributed by atoms with Crippen molar-refractivity contribution in [3.63, 3.8) is 0 Å². The molecule has 1 aliphatic rings. The Balaban J connectivity index is 0.00000264. The molecule has 0 amide bonds. The molecule has 0 unspecified atom stereocenters. The van der Waals surface area contributed by atoms with Crippen LogP contribution in [0.1, 0.15) is 19.3 Å². The van der Waals surface area contributed by atoms with Gasteiger partial charge in [-0.15, -0.1) is 24.0 Å². The summed E-state index contributed by atoms with van der Waals surface area (Å²) in [7, 11) is -1.48. The number of halogens is 1. The summed E-state index contributed by atoms with van der Waals surface area (Å²) in [5.41, 5.74) is 0. The maximum atomic E-state index is 12.1. The molecule has 23 heavy (non-hydrogen) atoms. The average molecular weight is 449 g/mol. The minimum Gasteiger partial charge on any atom is -0.356 e. The number of nitrogens with zero attached hydrogens (tertiary/aromatic N) is 1. The topological polar surface area (TPSA) is 70.6 Å². The zero-order valence-corrected chi connectivity index (χ0v) is 16.4. The van der Waals surface area contributed by atoms with Crippen LogP contribution in [0.15, 0.2) is 52.4 Å². The van der Waals surface area contributed by atoms with Crippen LogP contribution in [0.25, 0.3) is 0 Å². The lowest BCUT2D eigenvalue weighted by atomic mass is 10.2. The van der Waals surface area contributed by atoms with Gasteiger partial charge in [0.1, 0.15) is 0 Å². The lowest BCUT2D eigenvalue weighted by Crippen LogP contribution is -2.43. The van der Waals surface area contributed by atoms with Crippen LogP contribution >= 0.6 is 24.0 Å². The second-order valence-electron chi connectivity index (χ2n) is 5.27. The molecule has 1 aromatic rings. The Hall–Kier alpha value is -1.09. The molecule has 128 valence electrons. The molecule has 0 bridgehead atoms. The van der Waals surface area contributed by atoms with Crippen molar-refractivity contribution in [3.05, 3.63) is 42.5 Å². The van der Waals surface area contributed by atoms with Gasteiger partial charge in [0.05, 0.1) is 10.6 Å². The highest BCUT2D eigenvalue weighted by atomic mass is 127. The van der Waals surface area contributed by atoms with Gasteiger partial charge in [0.15, 0.2) is 15.8 Å². The number of aliphatic imine (C=N–C) groups is 1. The number of hydrogen-bond acceptors (Lipinski definition) is 3. The van der Waals surface area contributed by atoms with Crippen molar-refractivity contribution in [1.29, 1.82) is 0 Å². The molecular weight excluding hydrogens is 425 g/mol. The van der Waals surface area contributed by atoms with E-state index in [0.717, 1.165) is 18.8 Å². The highest BCUT2D eigenvalue weighted by Gasteiger charge is 2.14. The first-order chi connectivity index (χ1) is 10.6. The van der Waals surface area contributed by atoms with E-state index in [1.54, 1.807) is 31.3 Å². The van der Waals surface area contributed by atoms with Gasteiger partial charge in [-0.05, 0) is 31.4 Å². The Labute approximate surface area is 155 Å². The largest absolute Gasteiger partial charge is 0.356 e. The molecule has 0 aliphatic heterocycles. The van der Waals surface area contributed by atoms with Crippen LogP contribution in [-0.2, 0) is 9.84 Å². The molecule has 0 fully saturated rings. The standard InChI is InChI=1S/C16H23N3O2S.HI/c1-17-16(19-14-8-5-6-9-14)18-12-7-13-22(20,21)15-10-3-2-4-11-15;/h2-6,10-11,14H,7-9,12-13H2,1H3,(H2,17,18,19);1H. The molecule has 5 nitrogen and oxygen atoms in total. The number of benzene rings is 1. The first kappa shape index (κ1) is 20.0. The van der Waals surface area contributed by atoms with Gasteiger partial charge in [-0.2, -0.15) is 0 Å². The molecule has 1 aromatic carbocycles. The lowest BCUT2D eigenvalue weighted by Gasteiger charge is -2.16. The van der Waals surface area contributed by atoms with Crippen LogP contribution in [0.2, 0.25) is 0 Å². The molecule has 2 N–H and O–H groups in total. The minimum atomic E-state index is -3.20. The van der Waals surface area contributed by atoms with Gasteiger partial charge in [-0.1, -0.05) is 30.4 Å². The molecule has 0 aromatic heterocycles. The molecular formula is C16H24IN3O2S. The molecule has 1 aliphatic carbocycles. The van der Waals surface area contributed by atoms with E-state index in [4.69, 9.17) is 0 Å². The molecule has 0 heterocycles. The van der Waals surface area contributed by atoms with E-state index in [1.165, 1.54) is 0 Å². The van der Waals surface area contributed by atoms with Gasteiger partial charge >= 0.3 is 0 Å². The number of nitrogens with one attached hydrogen (secondary N) is 2. The van der Waals surface area contributed by atoms with Crippen LogP contribution in [0.4, 0.5) is 0 Å². The average Bonchev–Trinajstić information content (AvgIpc) is 3.04. The maximum absolute atomic E-state index is 12.1. The SMILES string of the molecule is CN=C(NCCCS(=O)(=O)c1ccccc1)NC1CC=CC1.I. The second-order valence-corrected chi connectivity index (χ2v) is 7.38. The maximum Gasteiger partial charge on any atom is 0.191 e. The van der Waals surface area contributed by atoms with Crippen LogP contribution in [0.3, 0.4) is 0 Å². The van der Waals surface area contributed by atoms with E-state index < -0.39 is 9.84 Å². The van der Waals surface area contributed by atoms with E-state index in [-0.39, 0.29) is 29.7 Å². The predicted molar refractivity (Wildman–Crippen MR) is 105 cm³/mol. The Bertz CT molecular complexity index is 622. The highest BCUT2D eigenvalue weighted by Crippen LogP contribution is 2.11. The van der Waals surface area contributed by atoms with Gasteiger partial charge in [-0.3, -0.25) is 4.99 Å². The summed E-state index contributed by atoms with van der Waals surface area (Å²) < 4.78 is 24.3. The zero-order valence-electron chi connectivity index (χ0n) is 13.2. The van der Waals surface area contributed by atoms with Crippen LogP contribution in [0.5, 0.6) is 0 Å². The van der Waals surface area contributed by atoms with E-state index in [1.807, 2.05) is 6.07 Å². The number of hydrogen-bond donors (Lipinski definition) is 2. The Morgan fingerprint density at radius 1 is 1.22 bits per heavy atom. The fourth-order valence-corrected chi connectivity index (χ4v) is 3.67. The van der Waals surface area contributed by atoms with Crippen molar-refractivity contribution < 1.29 is 8.42 Å².